The lowest BCUT2D eigenvalue weighted by molar-refractivity contribution is 0.159. The summed E-state index contributed by atoms with van der Waals surface area (Å²) < 4.78 is 7.26. The van der Waals surface area contributed by atoms with E-state index in [1.54, 1.807) is 13.3 Å². The van der Waals surface area contributed by atoms with Crippen LogP contribution < -0.4 is 5.32 Å². The lowest BCUT2D eigenvalue weighted by atomic mass is 10.1. The quantitative estimate of drug-likeness (QED) is 0.843. The molecule has 0 saturated carbocycles. The number of aromatic nitrogens is 2. The first kappa shape index (κ1) is 14.8. The number of imidazole rings is 1. The molecule has 1 N–H and O–H groups in total. The molecule has 0 spiro atoms. The summed E-state index contributed by atoms with van der Waals surface area (Å²) in [6.07, 6.45) is 6.62. The largest absolute Gasteiger partial charge is 0.383 e. The minimum absolute atomic E-state index is 0.290. The summed E-state index contributed by atoms with van der Waals surface area (Å²) >= 11 is 0. The fourth-order valence-electron chi connectivity index (χ4n) is 2.30. The number of methoxy groups -OCH3 is 1. The Morgan fingerprint density at radius 1 is 1.40 bits per heavy atom. The van der Waals surface area contributed by atoms with Crippen molar-refractivity contribution < 1.29 is 4.74 Å². The van der Waals surface area contributed by atoms with Crippen molar-refractivity contribution in [3.8, 4) is 5.69 Å². The van der Waals surface area contributed by atoms with Gasteiger partial charge < -0.3 is 14.6 Å². The van der Waals surface area contributed by atoms with E-state index in [0.717, 1.165) is 18.7 Å². The molecule has 0 unspecified atom stereocenters. The van der Waals surface area contributed by atoms with Crippen molar-refractivity contribution in [2.75, 3.05) is 13.7 Å². The van der Waals surface area contributed by atoms with Gasteiger partial charge in [-0.3, -0.25) is 0 Å². The summed E-state index contributed by atoms with van der Waals surface area (Å²) in [7, 11) is 1.74. The molecule has 1 heterocycles. The Kier molecular flexibility index (Phi) is 5.32. The first-order valence-corrected chi connectivity index (χ1v) is 7.08. The fraction of sp³-hybridized carbons (Fsp3) is 0.438. The number of ether oxygens (including phenoxy) is 1. The van der Waals surface area contributed by atoms with E-state index in [1.165, 1.54) is 5.56 Å². The maximum atomic E-state index is 5.24. The van der Waals surface area contributed by atoms with Gasteiger partial charge in [0, 0.05) is 37.3 Å². The smallest absolute Gasteiger partial charge is 0.0991 e. The van der Waals surface area contributed by atoms with Crippen molar-refractivity contribution in [1.82, 2.24) is 14.9 Å². The van der Waals surface area contributed by atoms with Gasteiger partial charge in [0.15, 0.2) is 0 Å². The Balaban J connectivity index is 2.10. The molecule has 108 valence electrons. The van der Waals surface area contributed by atoms with E-state index in [0.29, 0.717) is 12.1 Å². The van der Waals surface area contributed by atoms with Crippen molar-refractivity contribution in [2.24, 2.45) is 0 Å². The van der Waals surface area contributed by atoms with Gasteiger partial charge in [-0.05, 0) is 31.0 Å². The van der Waals surface area contributed by atoms with Gasteiger partial charge in [0.25, 0.3) is 0 Å². The second-order valence-corrected chi connectivity index (χ2v) is 5.01. The first-order valence-electron chi connectivity index (χ1n) is 7.08. The average Bonchev–Trinajstić information content (AvgIpc) is 3.01. The molecule has 1 aromatic carbocycles. The highest BCUT2D eigenvalue weighted by Crippen LogP contribution is 2.17. The maximum absolute atomic E-state index is 5.24. The third-order valence-corrected chi connectivity index (χ3v) is 3.52. The summed E-state index contributed by atoms with van der Waals surface area (Å²) in [6.45, 7) is 5.10. The van der Waals surface area contributed by atoms with Gasteiger partial charge in [0.1, 0.15) is 0 Å². The Morgan fingerprint density at radius 2 is 2.25 bits per heavy atom. The van der Waals surface area contributed by atoms with Crippen molar-refractivity contribution in [1.29, 1.82) is 0 Å². The van der Waals surface area contributed by atoms with Gasteiger partial charge in [-0.2, -0.15) is 0 Å². The lowest BCUT2D eigenvalue weighted by Crippen LogP contribution is -2.34. The van der Waals surface area contributed by atoms with Gasteiger partial charge >= 0.3 is 0 Å². The van der Waals surface area contributed by atoms with E-state index in [2.05, 4.69) is 48.4 Å². The molecular formula is C16H23N3O. The Morgan fingerprint density at radius 3 is 2.90 bits per heavy atom. The van der Waals surface area contributed by atoms with Crippen LogP contribution >= 0.6 is 0 Å². The van der Waals surface area contributed by atoms with Crippen molar-refractivity contribution in [3.05, 3.63) is 48.5 Å². The molecule has 0 saturated heterocycles. The van der Waals surface area contributed by atoms with Gasteiger partial charge in [-0.25, -0.2) is 4.98 Å². The van der Waals surface area contributed by atoms with Crippen LogP contribution in [0, 0.1) is 0 Å². The van der Waals surface area contributed by atoms with Crippen LogP contribution in [-0.4, -0.2) is 29.3 Å². The monoisotopic (exact) mass is 273 g/mol. The molecular weight excluding hydrogens is 250 g/mol. The minimum atomic E-state index is 0.290. The van der Waals surface area contributed by atoms with Gasteiger partial charge in [-0.15, -0.1) is 0 Å². The fourth-order valence-corrected chi connectivity index (χ4v) is 2.30. The van der Waals surface area contributed by atoms with Gasteiger partial charge in [0.05, 0.1) is 12.9 Å². The SMILES string of the molecule is CC[C@H](COC)N[C@H](C)c1cccc(-n2ccnc2)c1. The van der Waals surface area contributed by atoms with Crippen molar-refractivity contribution in [2.45, 2.75) is 32.4 Å². The summed E-state index contributed by atoms with van der Waals surface area (Å²) in [6, 6.07) is 9.19. The Labute approximate surface area is 120 Å². The van der Waals surface area contributed by atoms with Crippen LogP contribution in [0.5, 0.6) is 0 Å². The van der Waals surface area contributed by atoms with E-state index in [-0.39, 0.29) is 0 Å². The van der Waals surface area contributed by atoms with Crippen LogP contribution in [0.2, 0.25) is 0 Å². The summed E-state index contributed by atoms with van der Waals surface area (Å²) in [5.74, 6) is 0. The number of hydrogen-bond donors (Lipinski definition) is 1. The topological polar surface area (TPSA) is 39.1 Å². The highest BCUT2D eigenvalue weighted by atomic mass is 16.5. The predicted octanol–water partition coefficient (Wildman–Crippen LogP) is 2.95. The maximum Gasteiger partial charge on any atom is 0.0991 e. The minimum Gasteiger partial charge on any atom is -0.383 e. The second kappa shape index (κ2) is 7.22. The van der Waals surface area contributed by atoms with Crippen LogP contribution in [0.4, 0.5) is 0 Å². The summed E-state index contributed by atoms with van der Waals surface area (Å²) in [4.78, 5) is 4.09. The molecule has 2 rings (SSSR count). The molecule has 2 atom stereocenters. The van der Waals surface area contributed by atoms with E-state index >= 15 is 0 Å². The van der Waals surface area contributed by atoms with Crippen LogP contribution in [0.1, 0.15) is 31.9 Å². The van der Waals surface area contributed by atoms with Crippen molar-refractivity contribution >= 4 is 0 Å². The second-order valence-electron chi connectivity index (χ2n) is 5.01. The predicted molar refractivity (Wildman–Crippen MR) is 81.1 cm³/mol. The zero-order valence-corrected chi connectivity index (χ0v) is 12.4. The highest BCUT2D eigenvalue weighted by Gasteiger charge is 2.12. The molecule has 2 aromatic rings. The Bertz CT molecular complexity index is 510. The van der Waals surface area contributed by atoms with E-state index < -0.39 is 0 Å². The van der Waals surface area contributed by atoms with E-state index in [1.807, 2.05) is 17.1 Å². The van der Waals surface area contributed by atoms with Crippen LogP contribution in [0.25, 0.3) is 5.69 Å². The number of benzene rings is 1. The summed E-state index contributed by atoms with van der Waals surface area (Å²) in [5, 5.41) is 3.61. The van der Waals surface area contributed by atoms with Crippen LogP contribution in [0.15, 0.2) is 43.0 Å². The molecule has 0 aliphatic rings. The number of nitrogens with zero attached hydrogens (tertiary/aromatic N) is 2. The number of rotatable bonds is 7. The van der Waals surface area contributed by atoms with Crippen LogP contribution in [0.3, 0.4) is 0 Å². The number of hydrogen-bond acceptors (Lipinski definition) is 3. The molecule has 0 fully saturated rings. The Hall–Kier alpha value is -1.65. The van der Waals surface area contributed by atoms with E-state index in [4.69, 9.17) is 4.74 Å². The molecule has 0 amide bonds. The molecule has 0 bridgehead atoms. The highest BCUT2D eigenvalue weighted by molar-refractivity contribution is 5.37. The zero-order valence-electron chi connectivity index (χ0n) is 12.4. The summed E-state index contributed by atoms with van der Waals surface area (Å²) in [5.41, 5.74) is 2.40. The van der Waals surface area contributed by atoms with E-state index in [9.17, 15) is 0 Å². The normalized spacial score (nSPS) is 14.2. The molecule has 20 heavy (non-hydrogen) atoms. The molecule has 4 nitrogen and oxygen atoms in total. The van der Waals surface area contributed by atoms with Crippen LogP contribution in [-0.2, 0) is 4.74 Å². The molecule has 0 aliphatic heterocycles. The zero-order chi connectivity index (χ0) is 14.4. The molecule has 0 radical (unpaired) electrons. The molecule has 1 aromatic heterocycles. The third kappa shape index (κ3) is 3.68. The molecule has 0 aliphatic carbocycles. The average molecular weight is 273 g/mol. The first-order chi connectivity index (χ1) is 9.74. The standard InChI is InChI=1S/C16H23N3O/c1-4-15(11-20-3)18-13(2)14-6-5-7-16(10-14)19-9-8-17-12-19/h5-10,12-13,15,18H,4,11H2,1-3H3/t13-,15-/m1/s1. The van der Waals surface area contributed by atoms with Crippen molar-refractivity contribution in [3.63, 3.8) is 0 Å². The van der Waals surface area contributed by atoms with Gasteiger partial charge in [-0.1, -0.05) is 19.1 Å². The molecule has 4 heteroatoms. The lowest BCUT2D eigenvalue weighted by Gasteiger charge is -2.22. The van der Waals surface area contributed by atoms with Gasteiger partial charge in [0.2, 0.25) is 0 Å². The third-order valence-electron chi connectivity index (χ3n) is 3.52. The number of nitrogens with one attached hydrogen (secondary N) is 1.